The van der Waals surface area contributed by atoms with Gasteiger partial charge in [0.1, 0.15) is 24.5 Å². The molecule has 1 saturated heterocycles. The molecule has 1 aliphatic heterocycles. The van der Waals surface area contributed by atoms with Gasteiger partial charge in [0.25, 0.3) is 0 Å². The number of nitrogens with one attached hydrogen (secondary N) is 1. The van der Waals surface area contributed by atoms with E-state index in [1.54, 1.807) is 0 Å². The monoisotopic (exact) mass is 195 g/mol. The number of rotatable bonds is 1. The molecule has 1 aliphatic rings. The molecule has 0 saturated carbocycles. The van der Waals surface area contributed by atoms with Crippen molar-refractivity contribution in [3.05, 3.63) is 0 Å². The van der Waals surface area contributed by atoms with E-state index in [1.165, 1.54) is 0 Å². The number of hydrogen-bond acceptors (Lipinski definition) is 7. The third-order valence-corrected chi connectivity index (χ3v) is 2.13. The Balaban J connectivity index is 2.82. The summed E-state index contributed by atoms with van der Waals surface area (Å²) < 4.78 is 0. The first-order valence-electron chi connectivity index (χ1n) is 3.75. The lowest BCUT2D eigenvalue weighted by Gasteiger charge is -2.44. The predicted octanol–water partition coefficient (Wildman–Crippen LogP) is -4.33. The van der Waals surface area contributed by atoms with Gasteiger partial charge in [-0.15, -0.1) is 0 Å². The van der Waals surface area contributed by atoms with Gasteiger partial charge in [-0.3, -0.25) is 5.32 Å². The minimum Gasteiger partial charge on any atom is -0.392 e. The molecule has 0 bridgehead atoms. The summed E-state index contributed by atoms with van der Waals surface area (Å²) in [7, 11) is 0. The van der Waals surface area contributed by atoms with Crippen molar-refractivity contribution >= 4 is 0 Å². The molecule has 0 amide bonds. The Kier molecular flexibility index (Phi) is 2.88. The maximum Gasteiger partial charge on any atom is 0.170 e. The molecule has 0 aliphatic carbocycles. The van der Waals surface area contributed by atoms with Gasteiger partial charge in [0.2, 0.25) is 0 Å². The van der Waals surface area contributed by atoms with E-state index in [1.807, 2.05) is 5.32 Å². The highest BCUT2D eigenvalue weighted by Crippen LogP contribution is 2.20. The van der Waals surface area contributed by atoms with Gasteiger partial charge in [0.15, 0.2) is 5.72 Å². The fourth-order valence-electron chi connectivity index (χ4n) is 1.22. The summed E-state index contributed by atoms with van der Waals surface area (Å²) in [5.74, 6) is 0. The van der Waals surface area contributed by atoms with Crippen LogP contribution in [0.5, 0.6) is 0 Å². The van der Waals surface area contributed by atoms with Crippen molar-refractivity contribution in [1.82, 2.24) is 5.32 Å². The molecular weight excluding hydrogens is 182 g/mol. The van der Waals surface area contributed by atoms with Crippen molar-refractivity contribution in [1.29, 1.82) is 0 Å². The van der Waals surface area contributed by atoms with E-state index in [9.17, 15) is 10.2 Å². The Hall–Kier alpha value is -0.280. The minimum absolute atomic E-state index is 0.894. The summed E-state index contributed by atoms with van der Waals surface area (Å²) >= 11 is 0. The summed E-state index contributed by atoms with van der Waals surface area (Å²) in [5, 5.41) is 56.4. The van der Waals surface area contributed by atoms with E-state index in [-0.39, 0.29) is 0 Å². The van der Waals surface area contributed by atoms with Gasteiger partial charge >= 0.3 is 0 Å². The van der Waals surface area contributed by atoms with Crippen LogP contribution in [-0.2, 0) is 0 Å². The highest BCUT2D eigenvalue weighted by molar-refractivity contribution is 4.98. The van der Waals surface area contributed by atoms with Crippen LogP contribution in [0.1, 0.15) is 0 Å². The van der Waals surface area contributed by atoms with Crippen molar-refractivity contribution < 1.29 is 30.6 Å². The molecular formula is C6H13NO6. The topological polar surface area (TPSA) is 133 Å². The standard InChI is InChI=1S/C6H13NO6/c8-1-6(13)4(11)2(9)3(10)5(12)7-6/h2-5,7-13H,1H2/t2-,3-,4-,5?,6-/m1/s1. The summed E-state index contributed by atoms with van der Waals surface area (Å²) in [6.07, 6.45) is -6.69. The zero-order valence-electron chi connectivity index (χ0n) is 6.70. The Morgan fingerprint density at radius 3 is 2.08 bits per heavy atom. The van der Waals surface area contributed by atoms with Crippen LogP contribution >= 0.6 is 0 Å². The SMILES string of the molecule is OC[C@]1(O)NC(O)[C@H](O)[C@@H](O)[C@H]1O. The third-order valence-electron chi connectivity index (χ3n) is 2.13. The molecule has 1 rings (SSSR count). The lowest BCUT2D eigenvalue weighted by atomic mass is 9.92. The van der Waals surface area contributed by atoms with Gasteiger partial charge in [0.05, 0.1) is 6.61 Å². The molecule has 1 fully saturated rings. The first-order chi connectivity index (χ1) is 5.92. The smallest absolute Gasteiger partial charge is 0.170 e. The normalized spacial score (nSPS) is 52.2. The second kappa shape index (κ2) is 3.46. The quantitative estimate of drug-likeness (QED) is 0.225. The summed E-state index contributed by atoms with van der Waals surface area (Å²) in [6.45, 7) is -0.894. The summed E-state index contributed by atoms with van der Waals surface area (Å²) in [4.78, 5) is 0. The first kappa shape index (κ1) is 10.8. The largest absolute Gasteiger partial charge is 0.392 e. The van der Waals surface area contributed by atoms with Gasteiger partial charge in [-0.25, -0.2) is 0 Å². The third kappa shape index (κ3) is 1.67. The highest BCUT2D eigenvalue weighted by Gasteiger charge is 2.50. The number of aliphatic hydroxyl groups excluding tert-OH is 5. The van der Waals surface area contributed by atoms with Crippen LogP contribution in [0.4, 0.5) is 0 Å². The molecule has 1 unspecified atom stereocenters. The second-order valence-corrected chi connectivity index (χ2v) is 3.10. The van der Waals surface area contributed by atoms with Crippen molar-refractivity contribution in [3.8, 4) is 0 Å². The van der Waals surface area contributed by atoms with E-state index in [0.717, 1.165) is 0 Å². The fraction of sp³-hybridized carbons (Fsp3) is 1.00. The van der Waals surface area contributed by atoms with E-state index in [4.69, 9.17) is 20.4 Å². The van der Waals surface area contributed by atoms with Gasteiger partial charge in [-0.2, -0.15) is 0 Å². The van der Waals surface area contributed by atoms with Crippen LogP contribution in [-0.4, -0.2) is 67.5 Å². The van der Waals surface area contributed by atoms with Crippen molar-refractivity contribution in [2.45, 2.75) is 30.3 Å². The number of aliphatic hydroxyl groups is 6. The van der Waals surface area contributed by atoms with E-state index in [2.05, 4.69) is 0 Å². The van der Waals surface area contributed by atoms with Gasteiger partial charge in [-0.1, -0.05) is 0 Å². The van der Waals surface area contributed by atoms with Gasteiger partial charge < -0.3 is 30.6 Å². The molecule has 0 aromatic heterocycles. The Morgan fingerprint density at radius 2 is 1.62 bits per heavy atom. The fourth-order valence-corrected chi connectivity index (χ4v) is 1.22. The summed E-state index contributed by atoms with van der Waals surface area (Å²) in [5.41, 5.74) is -2.20. The lowest BCUT2D eigenvalue weighted by molar-refractivity contribution is -0.247. The minimum atomic E-state index is -2.20. The second-order valence-electron chi connectivity index (χ2n) is 3.10. The van der Waals surface area contributed by atoms with E-state index in [0.29, 0.717) is 0 Å². The van der Waals surface area contributed by atoms with Crippen LogP contribution in [0.15, 0.2) is 0 Å². The van der Waals surface area contributed by atoms with Crippen molar-refractivity contribution in [2.24, 2.45) is 0 Å². The molecule has 0 aromatic carbocycles. The molecule has 0 aromatic rings. The zero-order valence-corrected chi connectivity index (χ0v) is 6.70. The van der Waals surface area contributed by atoms with Crippen molar-refractivity contribution in [2.75, 3.05) is 6.61 Å². The molecule has 1 heterocycles. The van der Waals surface area contributed by atoms with E-state index < -0.39 is 36.9 Å². The molecule has 7 nitrogen and oxygen atoms in total. The molecule has 5 atom stereocenters. The van der Waals surface area contributed by atoms with Crippen molar-refractivity contribution in [3.63, 3.8) is 0 Å². The number of hydrogen-bond donors (Lipinski definition) is 7. The van der Waals surface area contributed by atoms with Gasteiger partial charge in [-0.05, 0) is 0 Å². The summed E-state index contributed by atoms with van der Waals surface area (Å²) in [6, 6.07) is 0. The van der Waals surface area contributed by atoms with Crippen LogP contribution in [0, 0.1) is 0 Å². The molecule has 0 spiro atoms. The molecule has 0 radical (unpaired) electrons. The average Bonchev–Trinajstić information content (AvgIpc) is 2.12. The average molecular weight is 195 g/mol. The van der Waals surface area contributed by atoms with Crippen LogP contribution in [0.2, 0.25) is 0 Å². The van der Waals surface area contributed by atoms with Crippen LogP contribution in [0.25, 0.3) is 0 Å². The zero-order chi connectivity index (χ0) is 10.2. The van der Waals surface area contributed by atoms with Gasteiger partial charge in [0, 0.05) is 0 Å². The molecule has 78 valence electrons. The molecule has 7 N–H and O–H groups in total. The Labute approximate surface area is 73.9 Å². The molecule has 13 heavy (non-hydrogen) atoms. The maximum atomic E-state index is 9.36. The first-order valence-corrected chi connectivity index (χ1v) is 3.75. The predicted molar refractivity (Wildman–Crippen MR) is 39.2 cm³/mol. The Bertz CT molecular complexity index is 190. The number of piperidine rings is 1. The maximum absolute atomic E-state index is 9.36. The van der Waals surface area contributed by atoms with E-state index >= 15 is 0 Å². The highest BCUT2D eigenvalue weighted by atomic mass is 16.4. The molecule has 7 heteroatoms. The van der Waals surface area contributed by atoms with Crippen LogP contribution in [0.3, 0.4) is 0 Å². The van der Waals surface area contributed by atoms with Crippen LogP contribution < -0.4 is 5.32 Å². The Morgan fingerprint density at radius 1 is 1.08 bits per heavy atom. The lowest BCUT2D eigenvalue weighted by Crippen LogP contribution is -2.73.